The smallest absolute Gasteiger partial charge is 0.326 e. The Morgan fingerprint density at radius 3 is 1.71 bits per heavy atom. The third kappa shape index (κ3) is 19.3. The Bertz CT molecular complexity index is 1730. The number of aliphatic hydroxyl groups excluding tert-OH is 1. The molecule has 1 aliphatic heterocycles. The highest BCUT2D eigenvalue weighted by Crippen LogP contribution is 2.22. The highest BCUT2D eigenvalue weighted by atomic mass is 16.4. The number of amides is 9. The fraction of sp³-hybridized carbons (Fsp3) is 0.732. The van der Waals surface area contributed by atoms with Crippen molar-refractivity contribution in [2.24, 2.45) is 29.0 Å². The number of unbranched alkanes of at least 4 members (excludes halogenated alkanes) is 1. The molecule has 0 aromatic carbocycles. The molecule has 25 nitrogen and oxygen atoms in total. The van der Waals surface area contributed by atoms with Crippen LogP contribution in [0.4, 0.5) is 0 Å². The lowest BCUT2D eigenvalue weighted by molar-refractivity contribution is -0.144. The summed E-state index contributed by atoms with van der Waals surface area (Å²) in [5.41, 5.74) is 16.6. The molecule has 0 spiro atoms. The molecule has 10 atom stereocenters. The number of carboxylic acid groups (broad SMARTS) is 2. The Hall–Kier alpha value is -5.95. The zero-order valence-electron chi connectivity index (χ0n) is 38.6. The number of aliphatic carboxylic acids is 2. The first-order chi connectivity index (χ1) is 30.9. The van der Waals surface area contributed by atoms with Crippen LogP contribution in [0.1, 0.15) is 106 Å². The molecule has 1 rings (SSSR count). The van der Waals surface area contributed by atoms with Crippen LogP contribution in [0.25, 0.3) is 0 Å². The molecular formula is C41H71N11O14. The van der Waals surface area contributed by atoms with Gasteiger partial charge < -0.3 is 74.6 Å². The zero-order chi connectivity index (χ0) is 50.4. The van der Waals surface area contributed by atoms with Crippen LogP contribution in [0.5, 0.6) is 0 Å². The van der Waals surface area contributed by atoms with E-state index < -0.39 is 151 Å². The van der Waals surface area contributed by atoms with Crippen molar-refractivity contribution < 1.29 is 68.1 Å². The van der Waals surface area contributed by atoms with Crippen molar-refractivity contribution in [1.82, 2.24) is 42.1 Å². The molecular weight excluding hydrogens is 871 g/mol. The molecule has 1 saturated heterocycles. The van der Waals surface area contributed by atoms with Gasteiger partial charge in [-0.25, -0.2) is 4.79 Å². The summed E-state index contributed by atoms with van der Waals surface area (Å²) in [7, 11) is 0. The van der Waals surface area contributed by atoms with Gasteiger partial charge in [-0.2, -0.15) is 0 Å². The minimum absolute atomic E-state index is 0.0776. The summed E-state index contributed by atoms with van der Waals surface area (Å²) >= 11 is 0. The van der Waals surface area contributed by atoms with E-state index in [1.807, 2.05) is 0 Å². The van der Waals surface area contributed by atoms with Crippen LogP contribution >= 0.6 is 0 Å². The lowest BCUT2D eigenvalue weighted by Crippen LogP contribution is -2.61. The normalized spacial score (nSPS) is 17.5. The summed E-state index contributed by atoms with van der Waals surface area (Å²) < 4.78 is 0. The molecule has 374 valence electrons. The van der Waals surface area contributed by atoms with Crippen LogP contribution in [0, 0.1) is 11.8 Å². The van der Waals surface area contributed by atoms with Crippen molar-refractivity contribution >= 4 is 65.1 Å². The monoisotopic (exact) mass is 942 g/mol. The SMILES string of the molecule is CC[C@H](C)[C@H](NC(=O)[C@@H]1CCCN1C(=O)[C@@H](NC(=O)[C@H](C)N)C(C)C)C(=O)N[C@@H](C)C(=O)N[C@@H](CCC(N)=O)C(=O)N[C@@H](CCCCN)C(=O)N[C@@H](CO)C(=O)N[C@@H](CCC(=O)O)C(=O)O. The summed E-state index contributed by atoms with van der Waals surface area (Å²) in [6, 6.07) is -11.7. The van der Waals surface area contributed by atoms with Crippen LogP contribution in [-0.4, -0.2) is 159 Å². The van der Waals surface area contributed by atoms with Gasteiger partial charge in [-0.05, 0) is 77.2 Å². The van der Waals surface area contributed by atoms with Crippen LogP contribution < -0.4 is 54.4 Å². The molecule has 16 N–H and O–H groups in total. The number of likely N-dealkylation sites (tertiary alicyclic amines) is 1. The van der Waals surface area contributed by atoms with Crippen molar-refractivity contribution in [3.63, 3.8) is 0 Å². The number of rotatable bonds is 30. The molecule has 0 unspecified atom stereocenters. The number of carbonyl (C=O) groups excluding carboxylic acids is 9. The van der Waals surface area contributed by atoms with E-state index in [9.17, 15) is 63.0 Å². The first-order valence-corrected chi connectivity index (χ1v) is 22.1. The average molecular weight is 942 g/mol. The molecule has 25 heteroatoms. The van der Waals surface area contributed by atoms with Gasteiger partial charge in [-0.15, -0.1) is 0 Å². The highest BCUT2D eigenvalue weighted by molar-refractivity contribution is 5.98. The fourth-order valence-electron chi connectivity index (χ4n) is 6.75. The minimum Gasteiger partial charge on any atom is -0.481 e. The van der Waals surface area contributed by atoms with Crippen molar-refractivity contribution in [1.29, 1.82) is 0 Å². The third-order valence-electron chi connectivity index (χ3n) is 11.0. The number of nitrogens with zero attached hydrogens (tertiary/aromatic N) is 1. The maximum absolute atomic E-state index is 13.8. The van der Waals surface area contributed by atoms with E-state index >= 15 is 0 Å². The minimum atomic E-state index is -1.74. The molecule has 0 saturated carbocycles. The number of hydrogen-bond donors (Lipinski definition) is 13. The van der Waals surface area contributed by atoms with Crippen molar-refractivity contribution in [3.05, 3.63) is 0 Å². The van der Waals surface area contributed by atoms with Crippen LogP contribution in [0.2, 0.25) is 0 Å². The van der Waals surface area contributed by atoms with Gasteiger partial charge in [0.15, 0.2) is 0 Å². The molecule has 1 aliphatic rings. The lowest BCUT2D eigenvalue weighted by atomic mass is 9.97. The predicted molar refractivity (Wildman–Crippen MR) is 235 cm³/mol. The van der Waals surface area contributed by atoms with Crippen molar-refractivity contribution in [3.8, 4) is 0 Å². The van der Waals surface area contributed by atoms with Crippen molar-refractivity contribution in [2.75, 3.05) is 19.7 Å². The van der Waals surface area contributed by atoms with Gasteiger partial charge >= 0.3 is 11.9 Å². The number of carbonyl (C=O) groups is 11. The quantitative estimate of drug-likeness (QED) is 0.0304. The number of hydrogen-bond acceptors (Lipinski definition) is 14. The molecule has 0 aromatic rings. The molecule has 66 heavy (non-hydrogen) atoms. The fourth-order valence-corrected chi connectivity index (χ4v) is 6.75. The second kappa shape index (κ2) is 28.8. The molecule has 9 amide bonds. The van der Waals surface area contributed by atoms with Gasteiger partial charge in [0.2, 0.25) is 53.2 Å². The van der Waals surface area contributed by atoms with E-state index in [1.54, 1.807) is 27.7 Å². The molecule has 1 heterocycles. The molecule has 1 fully saturated rings. The van der Waals surface area contributed by atoms with E-state index in [0.717, 1.165) is 0 Å². The second-order valence-corrected chi connectivity index (χ2v) is 16.8. The maximum atomic E-state index is 13.8. The number of carboxylic acids is 2. The summed E-state index contributed by atoms with van der Waals surface area (Å²) in [4.78, 5) is 143. The Balaban J connectivity index is 3.23. The van der Waals surface area contributed by atoms with E-state index in [4.69, 9.17) is 22.3 Å². The number of aliphatic hydroxyl groups is 1. The maximum Gasteiger partial charge on any atom is 0.326 e. The molecule has 0 aromatic heterocycles. The number of nitrogens with two attached hydrogens (primary N) is 3. The summed E-state index contributed by atoms with van der Waals surface area (Å²) in [6.45, 7) is 9.11. The topological polar surface area (TPSA) is 414 Å². The molecule has 0 aliphatic carbocycles. The predicted octanol–water partition coefficient (Wildman–Crippen LogP) is -4.22. The Morgan fingerprint density at radius 2 is 1.20 bits per heavy atom. The van der Waals surface area contributed by atoms with Crippen molar-refractivity contribution in [2.45, 2.75) is 160 Å². The first-order valence-electron chi connectivity index (χ1n) is 22.1. The molecule has 0 radical (unpaired) electrons. The summed E-state index contributed by atoms with van der Waals surface area (Å²) in [5.74, 6) is -11.1. The summed E-state index contributed by atoms with van der Waals surface area (Å²) in [6.07, 6.45) is -0.170. The van der Waals surface area contributed by atoms with Gasteiger partial charge in [-0.1, -0.05) is 34.1 Å². The van der Waals surface area contributed by atoms with Gasteiger partial charge in [0.1, 0.15) is 48.3 Å². The van der Waals surface area contributed by atoms with Gasteiger partial charge in [0.05, 0.1) is 12.6 Å². The van der Waals surface area contributed by atoms with Gasteiger partial charge in [-0.3, -0.25) is 47.9 Å². The van der Waals surface area contributed by atoms with E-state index in [-0.39, 0.29) is 44.7 Å². The first kappa shape index (κ1) is 58.1. The Kier molecular flexibility index (Phi) is 25.4. The lowest BCUT2D eigenvalue weighted by Gasteiger charge is -2.32. The average Bonchev–Trinajstić information content (AvgIpc) is 3.75. The van der Waals surface area contributed by atoms with Crippen LogP contribution in [0.15, 0.2) is 0 Å². The number of primary amides is 1. The van der Waals surface area contributed by atoms with Crippen LogP contribution in [0.3, 0.4) is 0 Å². The highest BCUT2D eigenvalue weighted by Gasteiger charge is 2.41. The second-order valence-electron chi connectivity index (χ2n) is 16.8. The van der Waals surface area contributed by atoms with E-state index in [0.29, 0.717) is 19.3 Å². The van der Waals surface area contributed by atoms with Gasteiger partial charge in [0, 0.05) is 19.4 Å². The third-order valence-corrected chi connectivity index (χ3v) is 11.0. The van der Waals surface area contributed by atoms with Gasteiger partial charge in [0.25, 0.3) is 0 Å². The Labute approximate surface area is 383 Å². The standard InChI is InChI=1S/C41H71N11O14/c1-7-21(4)32(51-38(62)28-12-10-18-52(28)40(64)31(20(2)3)50-33(57)22(5)43)39(63)45-23(6)34(58)46-25(13-15-29(44)54)36(60)47-24(11-8-9-17-42)35(59)49-27(19-53)37(61)48-26(41(65)66)14-16-30(55)56/h20-28,31-32,53H,7-19,42-43H2,1-6H3,(H2,44,54)(H,45,63)(H,46,58)(H,47,60)(H,48,61)(H,49,59)(H,50,57)(H,51,62)(H,55,56)(H,65,66)/t21-,22-,23-,24-,25-,26-,27-,28-,31-,32-/m0/s1. The molecule has 0 bridgehead atoms. The largest absolute Gasteiger partial charge is 0.481 e. The van der Waals surface area contributed by atoms with E-state index in [1.165, 1.54) is 18.7 Å². The summed E-state index contributed by atoms with van der Waals surface area (Å²) in [5, 5.41) is 45.3. The van der Waals surface area contributed by atoms with E-state index in [2.05, 4.69) is 37.2 Å². The Morgan fingerprint density at radius 1 is 0.652 bits per heavy atom. The zero-order valence-corrected chi connectivity index (χ0v) is 38.6. The number of nitrogens with one attached hydrogen (secondary N) is 7. The van der Waals surface area contributed by atoms with Crippen LogP contribution in [-0.2, 0) is 52.7 Å².